The molecule has 0 aromatic carbocycles. The first-order valence-corrected chi connectivity index (χ1v) is 8.37. The van der Waals surface area contributed by atoms with E-state index in [2.05, 4.69) is 28.8 Å². The molecule has 0 aliphatic carbocycles. The molecule has 0 radical (unpaired) electrons. The van der Waals surface area contributed by atoms with Crippen LogP contribution >= 0.6 is 0 Å². The monoisotopic (exact) mass is 308 g/mol. The molecule has 0 saturated carbocycles. The normalized spacial score (nSPS) is 16.9. The zero-order valence-corrected chi connectivity index (χ0v) is 14.0. The summed E-state index contributed by atoms with van der Waals surface area (Å²) in [5.74, 6) is 0.746. The van der Waals surface area contributed by atoms with Gasteiger partial charge >= 0.3 is 0 Å². The summed E-state index contributed by atoms with van der Waals surface area (Å²) in [6.07, 6.45) is 0.950. The van der Waals surface area contributed by atoms with Crippen molar-refractivity contribution in [3.63, 3.8) is 0 Å². The Labute approximate surface area is 133 Å². The van der Waals surface area contributed by atoms with Crippen LogP contribution in [0.15, 0.2) is 10.6 Å². The minimum absolute atomic E-state index is 0.0323. The van der Waals surface area contributed by atoms with Crippen molar-refractivity contribution < 1.29 is 9.32 Å². The molecular formula is C16H28N4O2. The molecule has 1 aliphatic rings. The third-order valence-corrected chi connectivity index (χ3v) is 4.23. The van der Waals surface area contributed by atoms with Crippen LogP contribution in [0.3, 0.4) is 0 Å². The van der Waals surface area contributed by atoms with Gasteiger partial charge in [-0.1, -0.05) is 19.0 Å². The summed E-state index contributed by atoms with van der Waals surface area (Å²) in [4.78, 5) is 18.9. The molecule has 0 N–H and O–H groups in total. The summed E-state index contributed by atoms with van der Waals surface area (Å²) >= 11 is 0. The summed E-state index contributed by atoms with van der Waals surface area (Å²) in [5.41, 5.74) is 0.428. The van der Waals surface area contributed by atoms with Crippen LogP contribution in [0.5, 0.6) is 0 Å². The van der Waals surface area contributed by atoms with Crippen molar-refractivity contribution in [1.82, 2.24) is 19.9 Å². The van der Waals surface area contributed by atoms with E-state index in [0.717, 1.165) is 58.0 Å². The molecule has 22 heavy (non-hydrogen) atoms. The second-order valence-corrected chi connectivity index (χ2v) is 5.77. The van der Waals surface area contributed by atoms with Gasteiger partial charge in [-0.2, -0.15) is 0 Å². The maximum atomic E-state index is 12.3. The Kier molecular flexibility index (Phi) is 6.39. The average molecular weight is 308 g/mol. The lowest BCUT2D eigenvalue weighted by Crippen LogP contribution is -2.45. The predicted octanol–water partition coefficient (Wildman–Crippen LogP) is 1.68. The molecule has 0 spiro atoms. The fraction of sp³-hybridized carbons (Fsp3) is 0.750. The Morgan fingerprint density at radius 1 is 1.23 bits per heavy atom. The lowest BCUT2D eigenvalue weighted by molar-refractivity contribution is 0.0753. The Hall–Kier alpha value is -1.40. The highest BCUT2D eigenvalue weighted by molar-refractivity contribution is 5.92. The number of carbonyl (C=O) groups excluding carboxylic acids is 1. The number of piperazine rings is 1. The van der Waals surface area contributed by atoms with E-state index in [9.17, 15) is 4.79 Å². The van der Waals surface area contributed by atoms with E-state index in [1.807, 2.05) is 11.8 Å². The SMILES string of the molecule is CCCN(CC)C(=O)c1cc(CN2CCN(CC)CC2)on1. The van der Waals surface area contributed by atoms with E-state index in [-0.39, 0.29) is 5.91 Å². The Bertz CT molecular complexity index is 466. The smallest absolute Gasteiger partial charge is 0.276 e. The molecule has 1 fully saturated rings. The highest BCUT2D eigenvalue weighted by atomic mass is 16.5. The predicted molar refractivity (Wildman–Crippen MR) is 85.8 cm³/mol. The summed E-state index contributed by atoms with van der Waals surface area (Å²) in [6, 6.07) is 1.80. The molecule has 1 amide bonds. The number of likely N-dealkylation sites (N-methyl/N-ethyl adjacent to an activating group) is 1. The Morgan fingerprint density at radius 3 is 2.50 bits per heavy atom. The maximum Gasteiger partial charge on any atom is 0.276 e. The van der Waals surface area contributed by atoms with Crippen LogP contribution in [-0.4, -0.2) is 71.6 Å². The van der Waals surface area contributed by atoms with Crippen LogP contribution in [0.2, 0.25) is 0 Å². The summed E-state index contributed by atoms with van der Waals surface area (Å²) in [6.45, 7) is 13.8. The van der Waals surface area contributed by atoms with Gasteiger partial charge in [-0.05, 0) is 19.9 Å². The van der Waals surface area contributed by atoms with Gasteiger partial charge in [-0.15, -0.1) is 0 Å². The molecule has 1 aromatic rings. The lowest BCUT2D eigenvalue weighted by atomic mass is 10.2. The second kappa shape index (κ2) is 8.29. The van der Waals surface area contributed by atoms with Crippen LogP contribution < -0.4 is 0 Å². The standard InChI is InChI=1S/C16H28N4O2/c1-4-7-20(6-3)16(21)15-12-14(22-17-15)13-19-10-8-18(5-2)9-11-19/h12H,4-11,13H2,1-3H3. The molecule has 0 atom stereocenters. The highest BCUT2D eigenvalue weighted by Crippen LogP contribution is 2.12. The molecule has 0 unspecified atom stereocenters. The van der Waals surface area contributed by atoms with Gasteiger partial charge in [-0.25, -0.2) is 0 Å². The molecule has 6 heteroatoms. The molecule has 1 aromatic heterocycles. The first-order chi connectivity index (χ1) is 10.7. The van der Waals surface area contributed by atoms with Crippen molar-refractivity contribution in [3.05, 3.63) is 17.5 Å². The fourth-order valence-electron chi connectivity index (χ4n) is 2.81. The van der Waals surface area contributed by atoms with Gasteiger partial charge in [0.05, 0.1) is 6.54 Å². The molecule has 1 saturated heterocycles. The van der Waals surface area contributed by atoms with Gasteiger partial charge in [-0.3, -0.25) is 9.69 Å². The molecule has 124 valence electrons. The van der Waals surface area contributed by atoms with Crippen molar-refractivity contribution >= 4 is 5.91 Å². The second-order valence-electron chi connectivity index (χ2n) is 5.77. The fourth-order valence-corrected chi connectivity index (χ4v) is 2.81. The van der Waals surface area contributed by atoms with Crippen LogP contribution in [0.4, 0.5) is 0 Å². The van der Waals surface area contributed by atoms with E-state index in [1.54, 1.807) is 6.07 Å². The van der Waals surface area contributed by atoms with Crippen molar-refractivity contribution in [1.29, 1.82) is 0 Å². The van der Waals surface area contributed by atoms with E-state index >= 15 is 0 Å². The number of carbonyl (C=O) groups is 1. The van der Waals surface area contributed by atoms with Crippen LogP contribution in [0, 0.1) is 0 Å². The first kappa shape index (κ1) is 17.0. The lowest BCUT2D eigenvalue weighted by Gasteiger charge is -2.33. The largest absolute Gasteiger partial charge is 0.359 e. The van der Waals surface area contributed by atoms with E-state index in [4.69, 9.17) is 4.52 Å². The summed E-state index contributed by atoms with van der Waals surface area (Å²) < 4.78 is 5.36. The molecule has 2 heterocycles. The number of aromatic nitrogens is 1. The van der Waals surface area contributed by atoms with Crippen molar-refractivity contribution in [2.24, 2.45) is 0 Å². The molecule has 2 rings (SSSR count). The minimum Gasteiger partial charge on any atom is -0.359 e. The quantitative estimate of drug-likeness (QED) is 0.767. The summed E-state index contributed by atoms with van der Waals surface area (Å²) in [7, 11) is 0. The maximum absolute atomic E-state index is 12.3. The van der Waals surface area contributed by atoms with Crippen LogP contribution in [-0.2, 0) is 6.54 Å². The molecule has 1 aliphatic heterocycles. The van der Waals surface area contributed by atoms with E-state index in [1.165, 1.54) is 0 Å². The molecule has 6 nitrogen and oxygen atoms in total. The third kappa shape index (κ3) is 4.30. The van der Waals surface area contributed by atoms with E-state index < -0.39 is 0 Å². The minimum atomic E-state index is -0.0323. The Balaban J connectivity index is 1.90. The van der Waals surface area contributed by atoms with Gasteiger partial charge in [0.1, 0.15) is 0 Å². The third-order valence-electron chi connectivity index (χ3n) is 4.23. The van der Waals surface area contributed by atoms with Crippen LogP contribution in [0.25, 0.3) is 0 Å². The van der Waals surface area contributed by atoms with Crippen molar-refractivity contribution in [2.45, 2.75) is 33.7 Å². The van der Waals surface area contributed by atoms with Gasteiger partial charge in [0, 0.05) is 45.3 Å². The Morgan fingerprint density at radius 2 is 1.91 bits per heavy atom. The van der Waals surface area contributed by atoms with Crippen LogP contribution in [0.1, 0.15) is 43.4 Å². The van der Waals surface area contributed by atoms with Crippen molar-refractivity contribution in [2.75, 3.05) is 45.8 Å². The van der Waals surface area contributed by atoms with Gasteiger partial charge in [0.2, 0.25) is 0 Å². The number of hydrogen-bond acceptors (Lipinski definition) is 5. The first-order valence-electron chi connectivity index (χ1n) is 8.37. The zero-order valence-electron chi connectivity index (χ0n) is 14.0. The van der Waals surface area contributed by atoms with Crippen molar-refractivity contribution in [3.8, 4) is 0 Å². The van der Waals surface area contributed by atoms with Gasteiger partial charge in [0.15, 0.2) is 11.5 Å². The number of hydrogen-bond donors (Lipinski definition) is 0. The van der Waals surface area contributed by atoms with E-state index in [0.29, 0.717) is 12.2 Å². The van der Waals surface area contributed by atoms with Gasteiger partial charge in [0.25, 0.3) is 5.91 Å². The zero-order chi connectivity index (χ0) is 15.9. The average Bonchev–Trinajstić information content (AvgIpc) is 3.01. The molecular weight excluding hydrogens is 280 g/mol. The number of amides is 1. The highest BCUT2D eigenvalue weighted by Gasteiger charge is 2.21. The topological polar surface area (TPSA) is 52.8 Å². The number of rotatable bonds is 7. The number of nitrogens with zero attached hydrogens (tertiary/aromatic N) is 4. The molecule has 0 bridgehead atoms. The van der Waals surface area contributed by atoms with Gasteiger partial charge < -0.3 is 14.3 Å². The summed E-state index contributed by atoms with van der Waals surface area (Å²) in [5, 5.41) is 3.96.